The van der Waals surface area contributed by atoms with E-state index in [0.29, 0.717) is 22.0 Å². The van der Waals surface area contributed by atoms with Gasteiger partial charge in [0.2, 0.25) is 11.8 Å². The number of benzene rings is 3. The van der Waals surface area contributed by atoms with E-state index in [1.807, 2.05) is 37.3 Å². The molecule has 1 unspecified atom stereocenters. The van der Waals surface area contributed by atoms with Crippen LogP contribution in [0.15, 0.2) is 72.9 Å². The topological polar surface area (TPSA) is 101 Å². The molecule has 0 aliphatic carbocycles. The maximum atomic E-state index is 14.2. The molecule has 0 saturated heterocycles. The van der Waals surface area contributed by atoms with Gasteiger partial charge in [0.15, 0.2) is 5.78 Å². The first-order valence-corrected chi connectivity index (χ1v) is 14.3. The Morgan fingerprint density at radius 3 is 2.37 bits per heavy atom. The van der Waals surface area contributed by atoms with Gasteiger partial charge in [0.1, 0.15) is 12.4 Å². The third kappa shape index (κ3) is 7.48. The van der Waals surface area contributed by atoms with Gasteiger partial charge in [0.25, 0.3) is 5.91 Å². The van der Waals surface area contributed by atoms with Gasteiger partial charge in [0.05, 0.1) is 17.6 Å². The zero-order valence-corrected chi connectivity index (χ0v) is 25.2. The second-order valence-electron chi connectivity index (χ2n) is 10.7. The largest absolute Gasteiger partial charge is 0.350 e. The number of Topliss-reactive ketones (excluding diaryl/α,β-unsaturated/α-hetero) is 1. The van der Waals surface area contributed by atoms with E-state index in [1.165, 1.54) is 24.0 Å². The average Bonchev–Trinajstić information content (AvgIpc) is 3.34. The van der Waals surface area contributed by atoms with Crippen LogP contribution in [-0.2, 0) is 22.7 Å². The summed E-state index contributed by atoms with van der Waals surface area (Å²) in [6, 6.07) is 18.6. The molecule has 2 N–H and O–H groups in total. The Bertz CT molecular complexity index is 1670. The lowest BCUT2D eigenvalue weighted by atomic mass is 10.1. The number of ketones is 1. The molecule has 4 aromatic rings. The maximum Gasteiger partial charge on any atom is 0.251 e. The van der Waals surface area contributed by atoms with Crippen LogP contribution in [0.1, 0.15) is 65.6 Å². The smallest absolute Gasteiger partial charge is 0.251 e. The second-order valence-corrected chi connectivity index (χ2v) is 11.1. The summed E-state index contributed by atoms with van der Waals surface area (Å²) >= 11 is 5.82. The van der Waals surface area contributed by atoms with Crippen LogP contribution in [0.4, 0.5) is 4.39 Å². The number of hydrogen-bond acceptors (Lipinski definition) is 4. The number of nitrogens with one attached hydrogen (secondary N) is 2. The van der Waals surface area contributed by atoms with Crippen molar-refractivity contribution >= 4 is 46.0 Å². The van der Waals surface area contributed by atoms with Crippen LogP contribution in [0.2, 0.25) is 5.02 Å². The lowest BCUT2D eigenvalue weighted by Gasteiger charge is -2.26. The number of carbonyl (C=O) groups is 4. The molecule has 0 bridgehead atoms. The zero-order chi connectivity index (χ0) is 31.3. The first-order chi connectivity index (χ1) is 20.5. The van der Waals surface area contributed by atoms with Gasteiger partial charge in [-0.25, -0.2) is 4.39 Å². The molecule has 0 radical (unpaired) electrons. The highest BCUT2D eigenvalue weighted by Crippen LogP contribution is 2.25. The number of fused-ring (bicyclic) bond motifs is 1. The molecule has 4 rings (SSSR count). The number of carbonyl (C=O) groups excluding carboxylic acids is 4. The van der Waals surface area contributed by atoms with Crippen LogP contribution >= 0.6 is 11.6 Å². The number of rotatable bonds is 11. The first-order valence-electron chi connectivity index (χ1n) is 13.9. The van der Waals surface area contributed by atoms with Crippen LogP contribution in [-0.4, -0.2) is 45.6 Å². The molecule has 3 aromatic carbocycles. The molecule has 0 saturated carbocycles. The van der Waals surface area contributed by atoms with Crippen molar-refractivity contribution in [3.05, 3.63) is 106 Å². The molecule has 43 heavy (non-hydrogen) atoms. The summed E-state index contributed by atoms with van der Waals surface area (Å²) in [6.07, 6.45) is 1.60. The van der Waals surface area contributed by atoms with Crippen molar-refractivity contribution in [2.45, 2.75) is 52.9 Å². The average molecular weight is 605 g/mol. The molecular formula is C33H34ClFN4O4. The fourth-order valence-electron chi connectivity index (χ4n) is 4.84. The molecule has 1 heterocycles. The summed E-state index contributed by atoms with van der Waals surface area (Å²) in [4.78, 5) is 53.1. The van der Waals surface area contributed by atoms with Gasteiger partial charge in [-0.2, -0.15) is 0 Å². The van der Waals surface area contributed by atoms with Gasteiger partial charge >= 0.3 is 0 Å². The zero-order valence-electron chi connectivity index (χ0n) is 24.5. The van der Waals surface area contributed by atoms with Crippen LogP contribution in [0.3, 0.4) is 0 Å². The highest BCUT2D eigenvalue weighted by molar-refractivity contribution is 6.30. The summed E-state index contributed by atoms with van der Waals surface area (Å²) in [5.41, 5.74) is 2.58. The van der Waals surface area contributed by atoms with E-state index in [4.69, 9.17) is 11.6 Å². The van der Waals surface area contributed by atoms with Gasteiger partial charge in [-0.3, -0.25) is 19.2 Å². The second kappa shape index (κ2) is 13.6. The van der Waals surface area contributed by atoms with Crippen LogP contribution < -0.4 is 10.6 Å². The molecule has 0 spiro atoms. The molecule has 0 aliphatic heterocycles. The van der Waals surface area contributed by atoms with Crippen molar-refractivity contribution in [1.29, 1.82) is 0 Å². The van der Waals surface area contributed by atoms with Gasteiger partial charge < -0.3 is 20.1 Å². The fourth-order valence-corrected chi connectivity index (χ4v) is 5.03. The molecule has 3 amide bonds. The van der Waals surface area contributed by atoms with E-state index >= 15 is 0 Å². The Labute approximate surface area is 254 Å². The molecule has 224 valence electrons. The summed E-state index contributed by atoms with van der Waals surface area (Å²) in [7, 11) is 0. The number of aromatic nitrogens is 1. The third-order valence-corrected chi connectivity index (χ3v) is 7.53. The van der Waals surface area contributed by atoms with Gasteiger partial charge in [-0.1, -0.05) is 54.1 Å². The standard InChI is InChI=1S/C33H34ClFN4O4/c1-20(2)39(18-30(41)36-16-25-11-8-12-28(34)32(25)35)31(42)19-38-17-27(22(4)40)26-15-24(13-14-29(26)38)33(43)37-21(3)23-9-6-5-7-10-23/h5-15,17,20-21H,16,18-19H2,1-4H3,(H,36,41)(H,37,43). The monoisotopic (exact) mass is 604 g/mol. The van der Waals surface area contributed by atoms with Crippen molar-refractivity contribution in [2.24, 2.45) is 0 Å². The summed E-state index contributed by atoms with van der Waals surface area (Å²) in [5, 5.41) is 6.14. The number of nitrogens with zero attached hydrogens (tertiary/aromatic N) is 2. The van der Waals surface area contributed by atoms with Gasteiger partial charge in [0, 0.05) is 46.4 Å². The van der Waals surface area contributed by atoms with E-state index in [9.17, 15) is 23.6 Å². The van der Waals surface area contributed by atoms with Crippen molar-refractivity contribution < 1.29 is 23.6 Å². The highest BCUT2D eigenvalue weighted by atomic mass is 35.5. The van der Waals surface area contributed by atoms with Gasteiger partial charge in [-0.05, 0) is 57.5 Å². The minimum absolute atomic E-state index is 0.0379. The normalized spacial score (nSPS) is 11.8. The number of hydrogen-bond donors (Lipinski definition) is 2. The van der Waals surface area contributed by atoms with E-state index in [2.05, 4.69) is 10.6 Å². The van der Waals surface area contributed by atoms with E-state index in [-0.39, 0.29) is 59.9 Å². The summed E-state index contributed by atoms with van der Waals surface area (Å²) in [5.74, 6) is -1.90. The predicted molar refractivity (Wildman–Crippen MR) is 164 cm³/mol. The number of amides is 3. The molecule has 0 fully saturated rings. The van der Waals surface area contributed by atoms with Crippen molar-refractivity contribution in [2.75, 3.05) is 6.54 Å². The van der Waals surface area contributed by atoms with Crippen LogP contribution in [0.25, 0.3) is 10.9 Å². The lowest BCUT2D eigenvalue weighted by molar-refractivity contribution is -0.138. The number of halogens is 2. The molecule has 0 aliphatic rings. The SMILES string of the molecule is CC(=O)c1cn(CC(=O)N(CC(=O)NCc2cccc(Cl)c2F)C(C)C)c2ccc(C(=O)NC(C)c3ccccc3)cc12. The van der Waals surface area contributed by atoms with Crippen molar-refractivity contribution in [3.63, 3.8) is 0 Å². The molecule has 8 nitrogen and oxygen atoms in total. The quantitative estimate of drug-likeness (QED) is 0.215. The maximum absolute atomic E-state index is 14.2. The van der Waals surface area contributed by atoms with Crippen molar-refractivity contribution in [3.8, 4) is 0 Å². The molecule has 1 atom stereocenters. The third-order valence-electron chi connectivity index (χ3n) is 7.24. The summed E-state index contributed by atoms with van der Waals surface area (Å²) in [6.45, 7) is 6.46. The Morgan fingerprint density at radius 1 is 0.977 bits per heavy atom. The molecule has 1 aromatic heterocycles. The Hall–Kier alpha value is -4.50. The molecular weight excluding hydrogens is 571 g/mol. The van der Waals surface area contributed by atoms with Crippen molar-refractivity contribution in [1.82, 2.24) is 20.1 Å². The fraction of sp³-hybridized carbons (Fsp3) is 0.273. The van der Waals surface area contributed by atoms with Gasteiger partial charge in [-0.15, -0.1) is 0 Å². The minimum Gasteiger partial charge on any atom is -0.350 e. The Kier molecular flexibility index (Phi) is 9.98. The summed E-state index contributed by atoms with van der Waals surface area (Å²) < 4.78 is 15.8. The van der Waals surface area contributed by atoms with E-state index in [1.54, 1.807) is 48.9 Å². The van der Waals surface area contributed by atoms with E-state index < -0.39 is 11.7 Å². The lowest BCUT2D eigenvalue weighted by Crippen LogP contribution is -2.45. The highest BCUT2D eigenvalue weighted by Gasteiger charge is 2.23. The molecule has 10 heteroatoms. The predicted octanol–water partition coefficient (Wildman–Crippen LogP) is 5.68. The minimum atomic E-state index is -0.603. The van der Waals surface area contributed by atoms with Crippen LogP contribution in [0, 0.1) is 5.82 Å². The Morgan fingerprint density at radius 2 is 1.70 bits per heavy atom. The van der Waals surface area contributed by atoms with Crippen LogP contribution in [0.5, 0.6) is 0 Å². The first kappa shape index (κ1) is 31.4. The Balaban J connectivity index is 1.49. The van der Waals surface area contributed by atoms with E-state index in [0.717, 1.165) is 5.56 Å².